The van der Waals surface area contributed by atoms with Gasteiger partial charge in [-0.05, 0) is 38.5 Å². The van der Waals surface area contributed by atoms with Crippen molar-refractivity contribution in [3.8, 4) is 11.8 Å². The van der Waals surface area contributed by atoms with Crippen LogP contribution in [-0.2, 0) is 9.47 Å². The number of ether oxygens (including phenoxy) is 2. The summed E-state index contributed by atoms with van der Waals surface area (Å²) >= 11 is 0. The van der Waals surface area contributed by atoms with Gasteiger partial charge in [0.1, 0.15) is 6.10 Å². The Labute approximate surface area is 136 Å². The number of unbranched alkanes of at least 4 members (excludes halogenated alkanes) is 7. The molecule has 0 aliphatic carbocycles. The van der Waals surface area contributed by atoms with Crippen molar-refractivity contribution in [1.29, 1.82) is 0 Å². The van der Waals surface area contributed by atoms with E-state index in [0.29, 0.717) is 0 Å². The highest BCUT2D eigenvalue weighted by Crippen LogP contribution is 2.14. The van der Waals surface area contributed by atoms with Crippen LogP contribution in [0.3, 0.4) is 0 Å². The molecule has 0 amide bonds. The Morgan fingerprint density at radius 3 is 2.50 bits per heavy atom. The topological polar surface area (TPSA) is 38.7 Å². The van der Waals surface area contributed by atoms with Crippen molar-refractivity contribution in [3.05, 3.63) is 0 Å². The van der Waals surface area contributed by atoms with Gasteiger partial charge in [-0.1, -0.05) is 44.9 Å². The number of rotatable bonds is 11. The monoisotopic (exact) mass is 310 g/mol. The van der Waals surface area contributed by atoms with Gasteiger partial charge in [-0.25, -0.2) is 0 Å². The molecule has 0 radical (unpaired) electrons. The zero-order valence-corrected chi connectivity index (χ0v) is 14.3. The SMILES string of the molecule is CCC(O)C#CCCCCCCCCCOC1CCCCO1. The Kier molecular flexibility index (Phi) is 12.5. The minimum absolute atomic E-state index is 0.0705. The second-order valence-corrected chi connectivity index (χ2v) is 6.14. The van der Waals surface area contributed by atoms with E-state index in [-0.39, 0.29) is 6.29 Å². The molecule has 1 saturated heterocycles. The van der Waals surface area contributed by atoms with Gasteiger partial charge in [0.25, 0.3) is 0 Å². The van der Waals surface area contributed by atoms with Crippen molar-refractivity contribution in [2.24, 2.45) is 0 Å². The average Bonchev–Trinajstić information content (AvgIpc) is 2.56. The lowest BCUT2D eigenvalue weighted by atomic mass is 10.1. The molecule has 2 unspecified atom stereocenters. The smallest absolute Gasteiger partial charge is 0.157 e. The van der Waals surface area contributed by atoms with Crippen LogP contribution in [0.5, 0.6) is 0 Å². The summed E-state index contributed by atoms with van der Waals surface area (Å²) in [5.41, 5.74) is 0. The van der Waals surface area contributed by atoms with E-state index < -0.39 is 6.10 Å². The molecule has 1 heterocycles. The molecule has 3 nitrogen and oxygen atoms in total. The first-order chi connectivity index (χ1) is 10.8. The van der Waals surface area contributed by atoms with Crippen LogP contribution in [0.4, 0.5) is 0 Å². The van der Waals surface area contributed by atoms with Crippen molar-refractivity contribution < 1.29 is 14.6 Å². The molecule has 1 aliphatic heterocycles. The quantitative estimate of drug-likeness (QED) is 0.453. The fourth-order valence-electron chi connectivity index (χ4n) is 2.55. The van der Waals surface area contributed by atoms with E-state index in [4.69, 9.17) is 9.47 Å². The molecular weight excluding hydrogens is 276 g/mol. The summed E-state index contributed by atoms with van der Waals surface area (Å²) in [7, 11) is 0. The predicted molar refractivity (Wildman–Crippen MR) is 90.6 cm³/mol. The van der Waals surface area contributed by atoms with Crippen molar-refractivity contribution >= 4 is 0 Å². The highest BCUT2D eigenvalue weighted by atomic mass is 16.7. The Bertz CT molecular complexity index is 300. The zero-order valence-electron chi connectivity index (χ0n) is 14.3. The first-order valence-electron chi connectivity index (χ1n) is 9.22. The lowest BCUT2D eigenvalue weighted by Crippen LogP contribution is -2.22. The molecule has 1 N–H and O–H groups in total. The summed E-state index contributed by atoms with van der Waals surface area (Å²) < 4.78 is 11.3. The fourth-order valence-corrected chi connectivity index (χ4v) is 2.55. The molecule has 0 aromatic rings. The predicted octanol–water partition coefficient (Wildman–Crippen LogP) is 4.42. The highest BCUT2D eigenvalue weighted by molar-refractivity contribution is 5.03. The second-order valence-electron chi connectivity index (χ2n) is 6.14. The fraction of sp³-hybridized carbons (Fsp3) is 0.895. The van der Waals surface area contributed by atoms with Crippen LogP contribution in [0.2, 0.25) is 0 Å². The van der Waals surface area contributed by atoms with E-state index >= 15 is 0 Å². The van der Waals surface area contributed by atoms with Gasteiger partial charge < -0.3 is 14.6 Å². The van der Waals surface area contributed by atoms with E-state index in [1.54, 1.807) is 0 Å². The number of hydrogen-bond acceptors (Lipinski definition) is 3. The summed E-state index contributed by atoms with van der Waals surface area (Å²) in [6, 6.07) is 0. The van der Waals surface area contributed by atoms with Crippen LogP contribution in [0.15, 0.2) is 0 Å². The lowest BCUT2D eigenvalue weighted by Gasteiger charge is -2.22. The number of aliphatic hydroxyl groups is 1. The maximum absolute atomic E-state index is 9.29. The molecule has 0 aromatic carbocycles. The van der Waals surface area contributed by atoms with Crippen LogP contribution in [-0.4, -0.2) is 30.7 Å². The van der Waals surface area contributed by atoms with Gasteiger partial charge in [-0.3, -0.25) is 0 Å². The average molecular weight is 310 g/mol. The van der Waals surface area contributed by atoms with E-state index in [2.05, 4.69) is 11.8 Å². The largest absolute Gasteiger partial charge is 0.380 e. The Morgan fingerprint density at radius 1 is 1.09 bits per heavy atom. The summed E-state index contributed by atoms with van der Waals surface area (Å²) in [6.45, 7) is 3.67. The number of hydrogen-bond donors (Lipinski definition) is 1. The molecular formula is C19H34O3. The number of aliphatic hydroxyl groups excluding tert-OH is 1. The highest BCUT2D eigenvalue weighted by Gasteiger charge is 2.13. The maximum atomic E-state index is 9.29. The standard InChI is InChI=1S/C19H34O3/c1-2-18(20)14-10-8-6-4-3-5-7-9-12-16-21-19-15-11-13-17-22-19/h18-20H,2-9,11-13,15-17H2,1H3. The summed E-state index contributed by atoms with van der Waals surface area (Å²) in [5.74, 6) is 5.92. The van der Waals surface area contributed by atoms with Crippen molar-refractivity contribution in [2.75, 3.05) is 13.2 Å². The molecule has 128 valence electrons. The molecule has 0 spiro atoms. The Balaban J connectivity index is 1.77. The molecule has 1 rings (SSSR count). The van der Waals surface area contributed by atoms with Crippen LogP contribution >= 0.6 is 0 Å². The Hall–Kier alpha value is -0.560. The third kappa shape index (κ3) is 11.1. The first-order valence-corrected chi connectivity index (χ1v) is 9.22. The van der Waals surface area contributed by atoms with Gasteiger partial charge in [-0.2, -0.15) is 0 Å². The summed E-state index contributed by atoms with van der Waals surface area (Å²) in [4.78, 5) is 0. The normalized spacial score (nSPS) is 19.5. The molecule has 1 aliphatic rings. The van der Waals surface area contributed by atoms with E-state index in [1.165, 1.54) is 44.9 Å². The second kappa shape index (κ2) is 14.1. The molecule has 1 fully saturated rings. The van der Waals surface area contributed by atoms with Gasteiger partial charge in [0.2, 0.25) is 0 Å². The first kappa shape index (κ1) is 19.5. The molecule has 2 atom stereocenters. The lowest BCUT2D eigenvalue weighted by molar-refractivity contribution is -0.162. The van der Waals surface area contributed by atoms with E-state index in [9.17, 15) is 5.11 Å². The summed E-state index contributed by atoms with van der Waals surface area (Å²) in [6.07, 6.45) is 13.5. The van der Waals surface area contributed by atoms with Crippen molar-refractivity contribution in [3.63, 3.8) is 0 Å². The van der Waals surface area contributed by atoms with Crippen LogP contribution in [0.25, 0.3) is 0 Å². The summed E-state index contributed by atoms with van der Waals surface area (Å²) in [5, 5.41) is 9.29. The molecule has 0 saturated carbocycles. The van der Waals surface area contributed by atoms with Crippen molar-refractivity contribution in [2.45, 2.75) is 96.4 Å². The Morgan fingerprint density at radius 2 is 1.82 bits per heavy atom. The minimum atomic E-state index is -0.429. The van der Waals surface area contributed by atoms with Crippen LogP contribution < -0.4 is 0 Å². The molecule has 3 heteroatoms. The van der Waals surface area contributed by atoms with Crippen LogP contribution in [0.1, 0.15) is 84.0 Å². The van der Waals surface area contributed by atoms with E-state index in [1.807, 2.05) is 6.92 Å². The maximum Gasteiger partial charge on any atom is 0.157 e. The zero-order chi connectivity index (χ0) is 15.9. The van der Waals surface area contributed by atoms with Gasteiger partial charge in [0.15, 0.2) is 6.29 Å². The van der Waals surface area contributed by atoms with Crippen molar-refractivity contribution in [1.82, 2.24) is 0 Å². The molecule has 0 bridgehead atoms. The molecule has 0 aromatic heterocycles. The van der Waals surface area contributed by atoms with Crippen LogP contribution in [0, 0.1) is 11.8 Å². The van der Waals surface area contributed by atoms with Gasteiger partial charge >= 0.3 is 0 Å². The van der Waals surface area contributed by atoms with E-state index in [0.717, 1.165) is 45.3 Å². The van der Waals surface area contributed by atoms with Gasteiger partial charge in [-0.15, -0.1) is 5.92 Å². The third-order valence-corrected chi connectivity index (χ3v) is 4.04. The van der Waals surface area contributed by atoms with Gasteiger partial charge in [0, 0.05) is 19.6 Å². The minimum Gasteiger partial charge on any atom is -0.380 e. The molecule has 22 heavy (non-hydrogen) atoms. The van der Waals surface area contributed by atoms with Gasteiger partial charge in [0.05, 0.1) is 0 Å². The third-order valence-electron chi connectivity index (χ3n) is 4.04.